The van der Waals surface area contributed by atoms with Crippen LogP contribution in [0.2, 0.25) is 0 Å². The first kappa shape index (κ1) is 18.0. The molecular formula is C17H29NO3. The molecule has 4 nitrogen and oxygen atoms in total. The van der Waals surface area contributed by atoms with E-state index in [9.17, 15) is 10.2 Å². The van der Waals surface area contributed by atoms with E-state index in [-0.39, 0.29) is 12.7 Å². The fourth-order valence-electron chi connectivity index (χ4n) is 2.15. The van der Waals surface area contributed by atoms with Crippen LogP contribution in [-0.2, 0) is 6.42 Å². The molecule has 3 N–H and O–H groups in total. The number of aliphatic hydroxyl groups is 2. The molecule has 120 valence electrons. The van der Waals surface area contributed by atoms with Crippen molar-refractivity contribution in [2.75, 3.05) is 19.7 Å². The highest BCUT2D eigenvalue weighted by Crippen LogP contribution is 2.13. The van der Waals surface area contributed by atoms with Crippen LogP contribution < -0.4 is 10.1 Å². The van der Waals surface area contributed by atoms with Gasteiger partial charge in [0.05, 0.1) is 6.10 Å². The lowest BCUT2D eigenvalue weighted by atomic mass is 10.1. The van der Waals surface area contributed by atoms with Gasteiger partial charge >= 0.3 is 0 Å². The van der Waals surface area contributed by atoms with Crippen molar-refractivity contribution in [2.45, 2.75) is 45.8 Å². The van der Waals surface area contributed by atoms with Crippen LogP contribution in [0.4, 0.5) is 0 Å². The molecule has 0 aromatic heterocycles. The Morgan fingerprint density at radius 1 is 1.14 bits per heavy atom. The van der Waals surface area contributed by atoms with E-state index in [0.717, 1.165) is 18.6 Å². The Labute approximate surface area is 128 Å². The number of ether oxygens (including phenoxy) is 1. The van der Waals surface area contributed by atoms with Gasteiger partial charge in [0.1, 0.15) is 18.5 Å². The first-order valence-corrected chi connectivity index (χ1v) is 7.79. The Morgan fingerprint density at radius 2 is 1.86 bits per heavy atom. The van der Waals surface area contributed by atoms with Crippen molar-refractivity contribution >= 4 is 0 Å². The first-order valence-electron chi connectivity index (χ1n) is 7.79. The third kappa shape index (κ3) is 8.05. The average molecular weight is 295 g/mol. The lowest BCUT2D eigenvalue weighted by Gasteiger charge is -2.16. The number of hydrogen-bond donors (Lipinski definition) is 3. The van der Waals surface area contributed by atoms with Gasteiger partial charge in [-0.2, -0.15) is 0 Å². The number of hydrogen-bond acceptors (Lipinski definition) is 4. The summed E-state index contributed by atoms with van der Waals surface area (Å²) in [5, 5.41) is 22.7. The molecule has 0 bridgehead atoms. The zero-order valence-corrected chi connectivity index (χ0v) is 13.4. The van der Waals surface area contributed by atoms with Crippen LogP contribution in [0.3, 0.4) is 0 Å². The molecule has 0 heterocycles. The van der Waals surface area contributed by atoms with Gasteiger partial charge in [-0.15, -0.1) is 0 Å². The predicted molar refractivity (Wildman–Crippen MR) is 85.7 cm³/mol. The molecule has 0 aliphatic heterocycles. The minimum atomic E-state index is -0.582. The maximum absolute atomic E-state index is 9.86. The molecule has 4 heteroatoms. The van der Waals surface area contributed by atoms with Crippen molar-refractivity contribution in [3.63, 3.8) is 0 Å². The van der Waals surface area contributed by atoms with Crippen LogP contribution >= 0.6 is 0 Å². The van der Waals surface area contributed by atoms with Gasteiger partial charge in [0.25, 0.3) is 0 Å². The van der Waals surface area contributed by atoms with E-state index in [1.165, 1.54) is 5.56 Å². The highest BCUT2D eigenvalue weighted by atomic mass is 16.5. The summed E-state index contributed by atoms with van der Waals surface area (Å²) in [6.45, 7) is 7.43. The highest BCUT2D eigenvalue weighted by Gasteiger charge is 2.09. The molecule has 0 spiro atoms. The van der Waals surface area contributed by atoms with E-state index < -0.39 is 6.10 Å². The summed E-state index contributed by atoms with van der Waals surface area (Å²) in [4.78, 5) is 0. The van der Waals surface area contributed by atoms with Crippen LogP contribution in [0.1, 0.15) is 32.8 Å². The van der Waals surface area contributed by atoms with Gasteiger partial charge in [-0.3, -0.25) is 0 Å². The van der Waals surface area contributed by atoms with Gasteiger partial charge in [-0.1, -0.05) is 32.9 Å². The molecule has 2 atom stereocenters. The molecule has 2 unspecified atom stereocenters. The summed E-state index contributed by atoms with van der Waals surface area (Å²) in [5.74, 6) is 1.26. The molecular weight excluding hydrogens is 266 g/mol. The second kappa shape index (κ2) is 9.77. The molecule has 0 fully saturated rings. The summed E-state index contributed by atoms with van der Waals surface area (Å²) in [6.07, 6.45) is 0.791. The van der Waals surface area contributed by atoms with Gasteiger partial charge in [0.15, 0.2) is 0 Å². The highest BCUT2D eigenvalue weighted by molar-refractivity contribution is 5.28. The molecule has 1 aromatic rings. The van der Waals surface area contributed by atoms with Crippen LogP contribution in [-0.4, -0.2) is 42.1 Å². The quantitative estimate of drug-likeness (QED) is 0.618. The Morgan fingerprint density at radius 3 is 2.52 bits per heavy atom. The Hall–Kier alpha value is -1.10. The molecule has 1 rings (SSSR count). The van der Waals surface area contributed by atoms with E-state index in [2.05, 4.69) is 32.2 Å². The fourth-order valence-corrected chi connectivity index (χ4v) is 2.15. The van der Waals surface area contributed by atoms with Gasteiger partial charge in [0, 0.05) is 13.1 Å². The number of nitrogens with one attached hydrogen (secondary N) is 1. The molecule has 1 aromatic carbocycles. The van der Waals surface area contributed by atoms with Crippen molar-refractivity contribution in [2.24, 2.45) is 5.92 Å². The van der Waals surface area contributed by atoms with Crippen LogP contribution in [0, 0.1) is 5.92 Å². The SMILES string of the molecule is CCc1cccc(OCC(O)CNCC(O)CC(C)C)c1. The van der Waals surface area contributed by atoms with Crippen LogP contribution in [0.15, 0.2) is 24.3 Å². The third-order valence-electron chi connectivity index (χ3n) is 3.25. The lowest BCUT2D eigenvalue weighted by molar-refractivity contribution is 0.0965. The van der Waals surface area contributed by atoms with Crippen molar-refractivity contribution < 1.29 is 14.9 Å². The molecule has 0 aliphatic rings. The lowest BCUT2D eigenvalue weighted by Crippen LogP contribution is -2.36. The summed E-state index contributed by atoms with van der Waals surface area (Å²) in [5.41, 5.74) is 1.22. The molecule has 0 amide bonds. The standard InChI is InChI=1S/C17H29NO3/c1-4-14-6-5-7-17(9-14)21-12-16(20)11-18-10-15(19)8-13(2)3/h5-7,9,13,15-16,18-20H,4,8,10-12H2,1-3H3. The Bertz CT molecular complexity index is 395. The normalized spacial score (nSPS) is 14.2. The molecule has 0 saturated heterocycles. The maximum Gasteiger partial charge on any atom is 0.119 e. The average Bonchev–Trinajstić information content (AvgIpc) is 2.44. The zero-order valence-electron chi connectivity index (χ0n) is 13.4. The topological polar surface area (TPSA) is 61.7 Å². The van der Waals surface area contributed by atoms with Crippen LogP contribution in [0.25, 0.3) is 0 Å². The molecule has 0 radical (unpaired) electrons. The molecule has 0 aliphatic carbocycles. The molecule has 21 heavy (non-hydrogen) atoms. The van der Waals surface area contributed by atoms with Gasteiger partial charge < -0.3 is 20.3 Å². The van der Waals surface area contributed by atoms with E-state index in [0.29, 0.717) is 19.0 Å². The van der Waals surface area contributed by atoms with E-state index >= 15 is 0 Å². The Balaban J connectivity index is 2.20. The van der Waals surface area contributed by atoms with Gasteiger partial charge in [0.2, 0.25) is 0 Å². The van der Waals surface area contributed by atoms with Crippen LogP contribution in [0.5, 0.6) is 5.75 Å². The van der Waals surface area contributed by atoms with Gasteiger partial charge in [-0.05, 0) is 36.5 Å². The smallest absolute Gasteiger partial charge is 0.119 e. The van der Waals surface area contributed by atoms with Crippen molar-refractivity contribution in [3.8, 4) is 5.75 Å². The van der Waals surface area contributed by atoms with Crippen molar-refractivity contribution in [1.82, 2.24) is 5.32 Å². The first-order chi connectivity index (χ1) is 10.0. The van der Waals surface area contributed by atoms with E-state index in [1.807, 2.05) is 18.2 Å². The summed E-state index contributed by atoms with van der Waals surface area (Å²) < 4.78 is 5.58. The predicted octanol–water partition coefficient (Wildman–Crippen LogP) is 1.99. The van der Waals surface area contributed by atoms with Crippen molar-refractivity contribution in [1.29, 1.82) is 0 Å². The van der Waals surface area contributed by atoms with E-state index in [4.69, 9.17) is 4.74 Å². The minimum absolute atomic E-state index is 0.250. The van der Waals surface area contributed by atoms with Crippen molar-refractivity contribution in [3.05, 3.63) is 29.8 Å². The zero-order chi connectivity index (χ0) is 15.7. The second-order valence-corrected chi connectivity index (χ2v) is 5.91. The molecule has 0 saturated carbocycles. The minimum Gasteiger partial charge on any atom is -0.491 e. The number of benzene rings is 1. The largest absolute Gasteiger partial charge is 0.491 e. The third-order valence-corrected chi connectivity index (χ3v) is 3.25. The van der Waals surface area contributed by atoms with Gasteiger partial charge in [-0.25, -0.2) is 0 Å². The van der Waals surface area contributed by atoms with E-state index in [1.54, 1.807) is 0 Å². The monoisotopic (exact) mass is 295 g/mol. The fraction of sp³-hybridized carbons (Fsp3) is 0.647. The summed E-state index contributed by atoms with van der Waals surface area (Å²) >= 11 is 0. The number of rotatable bonds is 10. The number of aryl methyl sites for hydroxylation is 1. The number of aliphatic hydroxyl groups excluding tert-OH is 2. The summed E-state index contributed by atoms with van der Waals surface area (Å²) in [6, 6.07) is 7.90. The second-order valence-electron chi connectivity index (χ2n) is 5.91. The maximum atomic E-state index is 9.86. The summed E-state index contributed by atoms with van der Waals surface area (Å²) in [7, 11) is 0. The Kier molecular flexibility index (Phi) is 8.35.